The molecule has 0 atom stereocenters. The number of Topliss-reactive ketones (excluding diaryl/α,β-unsaturated/α-hetero) is 1. The van der Waals surface area contributed by atoms with E-state index in [0.29, 0.717) is 34.4 Å². The Kier molecular flexibility index (Phi) is 4.54. The molecule has 0 radical (unpaired) electrons. The van der Waals surface area contributed by atoms with Gasteiger partial charge < -0.3 is 5.11 Å². The summed E-state index contributed by atoms with van der Waals surface area (Å²) in [4.78, 5) is 12.3. The SMILES string of the molecule is CC1CCC(O)(C(=O)Cc2c(Cl)cccc2Cl)CC1. The highest BCUT2D eigenvalue weighted by atomic mass is 35.5. The fraction of sp³-hybridized carbons (Fsp3) is 0.533. The summed E-state index contributed by atoms with van der Waals surface area (Å²) in [6.07, 6.45) is 2.95. The van der Waals surface area contributed by atoms with Crippen LogP contribution in [-0.2, 0) is 11.2 Å². The minimum absolute atomic E-state index is 0.101. The third-order valence-electron chi connectivity index (χ3n) is 4.02. The molecular weight excluding hydrogens is 283 g/mol. The van der Waals surface area contributed by atoms with Crippen molar-refractivity contribution in [1.29, 1.82) is 0 Å². The van der Waals surface area contributed by atoms with E-state index < -0.39 is 5.60 Å². The van der Waals surface area contributed by atoms with Crippen LogP contribution in [0.2, 0.25) is 10.0 Å². The van der Waals surface area contributed by atoms with E-state index in [4.69, 9.17) is 23.2 Å². The Morgan fingerprint density at radius 2 is 1.84 bits per heavy atom. The molecule has 0 heterocycles. The molecule has 0 aromatic heterocycles. The number of carbonyl (C=O) groups excluding carboxylic acids is 1. The molecule has 1 N–H and O–H groups in total. The summed E-state index contributed by atoms with van der Waals surface area (Å²) in [6.45, 7) is 2.15. The molecule has 1 aliphatic carbocycles. The van der Waals surface area contributed by atoms with Gasteiger partial charge in [-0.1, -0.05) is 36.2 Å². The van der Waals surface area contributed by atoms with Gasteiger partial charge in [-0.3, -0.25) is 4.79 Å². The number of carbonyl (C=O) groups is 1. The number of halogens is 2. The summed E-state index contributed by atoms with van der Waals surface area (Å²) in [5, 5.41) is 11.4. The van der Waals surface area contributed by atoms with Crippen LogP contribution in [0.1, 0.15) is 38.2 Å². The lowest BCUT2D eigenvalue weighted by Crippen LogP contribution is -2.42. The summed E-state index contributed by atoms with van der Waals surface area (Å²) in [6, 6.07) is 5.17. The molecule has 1 aromatic carbocycles. The first-order valence-electron chi connectivity index (χ1n) is 6.61. The molecule has 0 amide bonds. The zero-order valence-electron chi connectivity index (χ0n) is 11.0. The molecule has 4 heteroatoms. The van der Waals surface area contributed by atoms with Crippen LogP contribution in [0.3, 0.4) is 0 Å². The van der Waals surface area contributed by atoms with Gasteiger partial charge in [0.2, 0.25) is 0 Å². The molecule has 0 unspecified atom stereocenters. The maximum Gasteiger partial charge on any atom is 0.168 e. The first-order valence-corrected chi connectivity index (χ1v) is 7.36. The van der Waals surface area contributed by atoms with Crippen LogP contribution in [-0.4, -0.2) is 16.5 Å². The van der Waals surface area contributed by atoms with E-state index in [1.807, 2.05) is 0 Å². The number of ketones is 1. The molecule has 2 rings (SSSR count). The van der Waals surface area contributed by atoms with Crippen molar-refractivity contribution in [3.63, 3.8) is 0 Å². The Balaban J connectivity index is 2.13. The van der Waals surface area contributed by atoms with E-state index in [1.54, 1.807) is 18.2 Å². The van der Waals surface area contributed by atoms with Crippen LogP contribution in [0.4, 0.5) is 0 Å². The average molecular weight is 301 g/mol. The summed E-state index contributed by atoms with van der Waals surface area (Å²) >= 11 is 12.1. The molecular formula is C15H18Cl2O2. The quantitative estimate of drug-likeness (QED) is 0.914. The first kappa shape index (κ1) is 14.8. The number of benzene rings is 1. The topological polar surface area (TPSA) is 37.3 Å². The smallest absolute Gasteiger partial charge is 0.168 e. The fourth-order valence-corrected chi connectivity index (χ4v) is 3.08. The molecule has 1 fully saturated rings. The highest BCUT2D eigenvalue weighted by Gasteiger charge is 2.38. The number of hydrogen-bond acceptors (Lipinski definition) is 2. The molecule has 0 aliphatic heterocycles. The molecule has 0 saturated heterocycles. The number of aliphatic hydroxyl groups is 1. The van der Waals surface area contributed by atoms with Crippen molar-refractivity contribution in [2.75, 3.05) is 0 Å². The second-order valence-electron chi connectivity index (χ2n) is 5.51. The molecule has 0 spiro atoms. The minimum Gasteiger partial charge on any atom is -0.382 e. The van der Waals surface area contributed by atoms with E-state index >= 15 is 0 Å². The van der Waals surface area contributed by atoms with E-state index in [-0.39, 0.29) is 12.2 Å². The third-order valence-corrected chi connectivity index (χ3v) is 4.73. The highest BCUT2D eigenvalue weighted by molar-refractivity contribution is 6.36. The van der Waals surface area contributed by atoms with Crippen molar-refractivity contribution in [2.24, 2.45) is 5.92 Å². The Hall–Kier alpha value is -0.570. The Morgan fingerprint density at radius 1 is 1.32 bits per heavy atom. The zero-order valence-corrected chi connectivity index (χ0v) is 12.5. The summed E-state index contributed by atoms with van der Waals surface area (Å²) < 4.78 is 0. The predicted molar refractivity (Wildman–Crippen MR) is 77.8 cm³/mol. The van der Waals surface area contributed by atoms with E-state index in [2.05, 4.69) is 6.92 Å². The molecule has 104 valence electrons. The van der Waals surface area contributed by atoms with Crippen molar-refractivity contribution < 1.29 is 9.90 Å². The summed E-state index contributed by atoms with van der Waals surface area (Å²) in [7, 11) is 0. The largest absolute Gasteiger partial charge is 0.382 e. The van der Waals surface area contributed by atoms with Gasteiger partial charge in [0.15, 0.2) is 5.78 Å². The first-order chi connectivity index (χ1) is 8.92. The van der Waals surface area contributed by atoms with Crippen molar-refractivity contribution >= 4 is 29.0 Å². The number of hydrogen-bond donors (Lipinski definition) is 1. The lowest BCUT2D eigenvalue weighted by Gasteiger charge is -2.33. The third kappa shape index (κ3) is 3.31. The summed E-state index contributed by atoms with van der Waals surface area (Å²) in [5.74, 6) is 0.409. The van der Waals surface area contributed by atoms with E-state index in [9.17, 15) is 9.90 Å². The second kappa shape index (κ2) is 5.82. The van der Waals surface area contributed by atoms with Gasteiger partial charge in [0, 0.05) is 16.5 Å². The van der Waals surface area contributed by atoms with Gasteiger partial charge in [0.1, 0.15) is 5.60 Å². The lowest BCUT2D eigenvalue weighted by molar-refractivity contribution is -0.140. The van der Waals surface area contributed by atoms with Crippen LogP contribution in [0.15, 0.2) is 18.2 Å². The predicted octanol–water partition coefficient (Wildman–Crippen LogP) is 4.05. The van der Waals surface area contributed by atoms with Crippen molar-refractivity contribution in [1.82, 2.24) is 0 Å². The average Bonchev–Trinajstić information content (AvgIpc) is 2.37. The van der Waals surface area contributed by atoms with Gasteiger partial charge in [-0.25, -0.2) is 0 Å². The van der Waals surface area contributed by atoms with Crippen LogP contribution < -0.4 is 0 Å². The Labute approximate surface area is 123 Å². The Bertz CT molecular complexity index is 457. The van der Waals surface area contributed by atoms with Crippen LogP contribution >= 0.6 is 23.2 Å². The van der Waals surface area contributed by atoms with Gasteiger partial charge in [0.25, 0.3) is 0 Å². The fourth-order valence-electron chi connectivity index (χ4n) is 2.54. The zero-order chi connectivity index (χ0) is 14.0. The van der Waals surface area contributed by atoms with Crippen molar-refractivity contribution in [3.8, 4) is 0 Å². The number of rotatable bonds is 3. The molecule has 2 nitrogen and oxygen atoms in total. The van der Waals surface area contributed by atoms with Gasteiger partial charge in [-0.05, 0) is 49.3 Å². The van der Waals surface area contributed by atoms with Gasteiger partial charge in [-0.2, -0.15) is 0 Å². The normalized spacial score (nSPS) is 27.3. The van der Waals surface area contributed by atoms with Crippen LogP contribution in [0.5, 0.6) is 0 Å². The van der Waals surface area contributed by atoms with Gasteiger partial charge in [-0.15, -0.1) is 0 Å². The van der Waals surface area contributed by atoms with Crippen LogP contribution in [0.25, 0.3) is 0 Å². The molecule has 0 bridgehead atoms. The maximum absolute atomic E-state index is 12.3. The van der Waals surface area contributed by atoms with Crippen LogP contribution in [0, 0.1) is 5.92 Å². The second-order valence-corrected chi connectivity index (χ2v) is 6.33. The van der Waals surface area contributed by atoms with Gasteiger partial charge in [0.05, 0.1) is 0 Å². The van der Waals surface area contributed by atoms with E-state index in [1.165, 1.54) is 0 Å². The summed E-state index contributed by atoms with van der Waals surface area (Å²) in [5.41, 5.74) is -0.586. The molecule has 1 aliphatic rings. The maximum atomic E-state index is 12.3. The molecule has 1 aromatic rings. The van der Waals surface area contributed by atoms with Crippen molar-refractivity contribution in [3.05, 3.63) is 33.8 Å². The lowest BCUT2D eigenvalue weighted by atomic mass is 9.76. The Morgan fingerprint density at radius 3 is 2.37 bits per heavy atom. The monoisotopic (exact) mass is 300 g/mol. The highest BCUT2D eigenvalue weighted by Crippen LogP contribution is 2.34. The minimum atomic E-state index is -1.20. The van der Waals surface area contributed by atoms with E-state index in [0.717, 1.165) is 12.8 Å². The molecule has 19 heavy (non-hydrogen) atoms. The van der Waals surface area contributed by atoms with Crippen molar-refractivity contribution in [2.45, 2.75) is 44.6 Å². The molecule has 1 saturated carbocycles. The standard InChI is InChI=1S/C15H18Cl2O2/c1-10-5-7-15(19,8-6-10)14(18)9-11-12(16)3-2-4-13(11)17/h2-4,10,19H,5-9H2,1H3. The van der Waals surface area contributed by atoms with Gasteiger partial charge >= 0.3 is 0 Å².